The van der Waals surface area contributed by atoms with Gasteiger partial charge in [0, 0.05) is 16.5 Å². The van der Waals surface area contributed by atoms with Crippen LogP contribution in [0.1, 0.15) is 49.1 Å². The van der Waals surface area contributed by atoms with E-state index in [0.29, 0.717) is 12.0 Å². The van der Waals surface area contributed by atoms with Gasteiger partial charge in [0.15, 0.2) is 11.5 Å². The number of nitrogens with one attached hydrogen (secondary N) is 1. The second-order valence-corrected chi connectivity index (χ2v) is 6.67. The van der Waals surface area contributed by atoms with Crippen molar-refractivity contribution in [2.24, 2.45) is 0 Å². The first-order chi connectivity index (χ1) is 10.0. The number of hydrogen-bond donors (Lipinski definition) is 1. The highest BCUT2D eigenvalue weighted by Gasteiger charge is 2.12. The van der Waals surface area contributed by atoms with Gasteiger partial charge in [0.05, 0.1) is 6.04 Å². The van der Waals surface area contributed by atoms with Gasteiger partial charge in [-0.05, 0) is 49.1 Å². The molecule has 1 unspecified atom stereocenters. The van der Waals surface area contributed by atoms with Crippen LogP contribution in [0, 0.1) is 6.92 Å². The number of rotatable bonds is 4. The van der Waals surface area contributed by atoms with E-state index >= 15 is 0 Å². The van der Waals surface area contributed by atoms with E-state index in [9.17, 15) is 0 Å². The quantitative estimate of drug-likeness (QED) is 0.692. The van der Waals surface area contributed by atoms with Crippen LogP contribution in [-0.4, -0.2) is 4.98 Å². The van der Waals surface area contributed by atoms with Crippen LogP contribution in [-0.2, 0) is 0 Å². The Bertz CT molecular complexity index is 757. The van der Waals surface area contributed by atoms with E-state index < -0.39 is 0 Å². The molecule has 0 saturated carbocycles. The minimum atomic E-state index is 0.291. The highest BCUT2D eigenvalue weighted by atomic mass is 32.1. The molecule has 1 aromatic carbocycles. The van der Waals surface area contributed by atoms with Crippen molar-refractivity contribution in [3.05, 3.63) is 46.0 Å². The fourth-order valence-electron chi connectivity index (χ4n) is 2.43. The Hall–Kier alpha value is -1.81. The zero-order chi connectivity index (χ0) is 15.0. The predicted octanol–water partition coefficient (Wildman–Crippen LogP) is 5.49. The fourth-order valence-corrected chi connectivity index (χ4v) is 3.36. The standard InChI is InChI=1S/C17H20N2OS/c1-10(2)17-19-14-9-13(5-6-15(14)20-17)18-12(4)16-11(3)7-8-21-16/h5-10,12,18H,1-4H3. The van der Waals surface area contributed by atoms with Crippen molar-refractivity contribution in [3.8, 4) is 0 Å². The number of benzene rings is 1. The molecule has 3 aromatic rings. The summed E-state index contributed by atoms with van der Waals surface area (Å²) in [6.45, 7) is 8.52. The Balaban J connectivity index is 1.86. The molecule has 0 amide bonds. The Morgan fingerprint density at radius 2 is 2.00 bits per heavy atom. The lowest BCUT2D eigenvalue weighted by Crippen LogP contribution is -2.05. The van der Waals surface area contributed by atoms with Crippen LogP contribution in [0.3, 0.4) is 0 Å². The van der Waals surface area contributed by atoms with E-state index in [2.05, 4.69) is 61.6 Å². The molecule has 0 aliphatic rings. The summed E-state index contributed by atoms with van der Waals surface area (Å²) >= 11 is 1.79. The average Bonchev–Trinajstić information content (AvgIpc) is 3.04. The molecular formula is C17H20N2OS. The molecule has 0 bridgehead atoms. The summed E-state index contributed by atoms with van der Waals surface area (Å²) in [7, 11) is 0. The van der Waals surface area contributed by atoms with Crippen molar-refractivity contribution in [2.45, 2.75) is 39.7 Å². The largest absolute Gasteiger partial charge is 0.440 e. The fraction of sp³-hybridized carbons (Fsp3) is 0.353. The summed E-state index contributed by atoms with van der Waals surface area (Å²) in [5.41, 5.74) is 4.18. The number of fused-ring (bicyclic) bond motifs is 1. The molecule has 0 aliphatic carbocycles. The van der Waals surface area contributed by atoms with Crippen molar-refractivity contribution in [1.29, 1.82) is 0 Å². The van der Waals surface area contributed by atoms with Crippen molar-refractivity contribution < 1.29 is 4.42 Å². The van der Waals surface area contributed by atoms with Crippen LogP contribution in [0.15, 0.2) is 34.1 Å². The average molecular weight is 300 g/mol. The van der Waals surface area contributed by atoms with E-state index in [-0.39, 0.29) is 0 Å². The normalized spacial score (nSPS) is 13.0. The minimum Gasteiger partial charge on any atom is -0.440 e. The summed E-state index contributed by atoms with van der Waals surface area (Å²) in [6.07, 6.45) is 0. The van der Waals surface area contributed by atoms with Gasteiger partial charge in [-0.1, -0.05) is 13.8 Å². The first-order valence-electron chi connectivity index (χ1n) is 7.25. The molecule has 3 nitrogen and oxygen atoms in total. The van der Waals surface area contributed by atoms with Crippen LogP contribution in [0.2, 0.25) is 0 Å². The number of anilines is 1. The molecule has 0 fully saturated rings. The number of thiophene rings is 1. The maximum atomic E-state index is 5.74. The third-order valence-corrected chi connectivity index (χ3v) is 4.78. The van der Waals surface area contributed by atoms with Crippen molar-refractivity contribution in [3.63, 3.8) is 0 Å². The molecule has 4 heteroatoms. The van der Waals surface area contributed by atoms with E-state index in [1.807, 2.05) is 6.07 Å². The van der Waals surface area contributed by atoms with E-state index in [1.54, 1.807) is 11.3 Å². The third kappa shape index (κ3) is 2.81. The van der Waals surface area contributed by atoms with Crippen LogP contribution >= 0.6 is 11.3 Å². The number of aromatic nitrogens is 1. The molecule has 0 aliphatic heterocycles. The topological polar surface area (TPSA) is 38.1 Å². The second-order valence-electron chi connectivity index (χ2n) is 5.72. The lowest BCUT2D eigenvalue weighted by Gasteiger charge is -2.14. The summed E-state index contributed by atoms with van der Waals surface area (Å²) in [5, 5.41) is 5.68. The molecule has 110 valence electrons. The molecule has 0 radical (unpaired) electrons. The van der Waals surface area contributed by atoms with E-state index in [1.165, 1.54) is 10.4 Å². The zero-order valence-electron chi connectivity index (χ0n) is 12.8. The van der Waals surface area contributed by atoms with Gasteiger partial charge >= 0.3 is 0 Å². The highest BCUT2D eigenvalue weighted by Crippen LogP contribution is 2.29. The molecule has 0 saturated heterocycles. The van der Waals surface area contributed by atoms with Crippen molar-refractivity contribution in [2.75, 3.05) is 5.32 Å². The van der Waals surface area contributed by atoms with Gasteiger partial charge in [-0.2, -0.15) is 0 Å². The number of hydrogen-bond acceptors (Lipinski definition) is 4. The summed E-state index contributed by atoms with van der Waals surface area (Å²) in [5.74, 6) is 1.10. The maximum Gasteiger partial charge on any atom is 0.198 e. The van der Waals surface area contributed by atoms with Gasteiger partial charge in [-0.25, -0.2) is 4.98 Å². The van der Waals surface area contributed by atoms with Crippen LogP contribution in [0.25, 0.3) is 11.1 Å². The molecule has 21 heavy (non-hydrogen) atoms. The molecule has 0 spiro atoms. The molecule has 1 N–H and O–H groups in total. The first-order valence-corrected chi connectivity index (χ1v) is 8.13. The van der Waals surface area contributed by atoms with Gasteiger partial charge in [0.1, 0.15) is 5.52 Å². The zero-order valence-corrected chi connectivity index (χ0v) is 13.6. The first kappa shape index (κ1) is 14.1. The van der Waals surface area contributed by atoms with Crippen molar-refractivity contribution >= 4 is 28.1 Å². The summed E-state index contributed by atoms with van der Waals surface area (Å²) < 4.78 is 5.74. The van der Waals surface area contributed by atoms with Gasteiger partial charge in [0.25, 0.3) is 0 Å². The molecular weight excluding hydrogens is 280 g/mol. The Labute approximate surface area is 129 Å². The lowest BCUT2D eigenvalue weighted by molar-refractivity contribution is 0.501. The number of nitrogens with zero attached hydrogens (tertiary/aromatic N) is 1. The smallest absolute Gasteiger partial charge is 0.198 e. The summed E-state index contributed by atoms with van der Waals surface area (Å²) in [6, 6.07) is 8.55. The number of oxazole rings is 1. The Morgan fingerprint density at radius 3 is 2.67 bits per heavy atom. The van der Waals surface area contributed by atoms with Gasteiger partial charge in [-0.3, -0.25) is 0 Å². The van der Waals surface area contributed by atoms with Crippen LogP contribution in [0.5, 0.6) is 0 Å². The number of aryl methyl sites for hydroxylation is 1. The van der Waals surface area contributed by atoms with Gasteiger partial charge in [0.2, 0.25) is 0 Å². The van der Waals surface area contributed by atoms with Gasteiger partial charge < -0.3 is 9.73 Å². The molecule has 2 aromatic heterocycles. The summed E-state index contributed by atoms with van der Waals surface area (Å²) in [4.78, 5) is 5.93. The Morgan fingerprint density at radius 1 is 1.19 bits per heavy atom. The molecule has 1 atom stereocenters. The predicted molar refractivity (Wildman–Crippen MR) is 89.2 cm³/mol. The maximum absolute atomic E-state index is 5.74. The Kier molecular flexibility index (Phi) is 3.72. The van der Waals surface area contributed by atoms with Crippen LogP contribution in [0.4, 0.5) is 5.69 Å². The van der Waals surface area contributed by atoms with Gasteiger partial charge in [-0.15, -0.1) is 11.3 Å². The van der Waals surface area contributed by atoms with E-state index in [0.717, 1.165) is 22.7 Å². The monoisotopic (exact) mass is 300 g/mol. The minimum absolute atomic E-state index is 0.291. The molecule has 3 rings (SSSR count). The van der Waals surface area contributed by atoms with Crippen LogP contribution < -0.4 is 5.32 Å². The lowest BCUT2D eigenvalue weighted by atomic mass is 10.2. The third-order valence-electron chi connectivity index (χ3n) is 3.58. The van der Waals surface area contributed by atoms with Crippen molar-refractivity contribution in [1.82, 2.24) is 4.98 Å². The SMILES string of the molecule is Cc1ccsc1C(C)Nc1ccc2oc(C(C)C)nc2c1. The molecule has 2 heterocycles. The second kappa shape index (κ2) is 5.53. The highest BCUT2D eigenvalue weighted by molar-refractivity contribution is 7.10. The van der Waals surface area contributed by atoms with E-state index in [4.69, 9.17) is 4.42 Å².